The molecule has 8 heteroatoms. The second kappa shape index (κ2) is 7.42. The molecular weight excluding hydrogens is 608 g/mol. The number of pyridine rings is 1. The van der Waals surface area contributed by atoms with Crippen LogP contribution in [0.5, 0.6) is 0 Å². The van der Waals surface area contributed by atoms with Gasteiger partial charge in [-0.1, -0.05) is 59.7 Å². The number of halogens is 6. The van der Waals surface area contributed by atoms with E-state index in [-0.39, 0.29) is 31.2 Å². The Balaban J connectivity index is 0.00000245. The van der Waals surface area contributed by atoms with Gasteiger partial charge < -0.3 is 4.98 Å². The van der Waals surface area contributed by atoms with Crippen molar-refractivity contribution in [1.29, 1.82) is 0 Å². The fourth-order valence-electron chi connectivity index (χ4n) is 4.46. The van der Waals surface area contributed by atoms with E-state index >= 15 is 0 Å². The maximum Gasteiger partial charge on any atom is 0.403 e. The molecule has 0 atom stereocenters. The number of aromatic nitrogens is 1. The average molecular weight is 621 g/mol. The van der Waals surface area contributed by atoms with Gasteiger partial charge in [-0.2, -0.15) is 26.3 Å². The number of hydrogen-bond donors (Lipinski definition) is 0. The zero-order valence-corrected chi connectivity index (χ0v) is 18.4. The topological polar surface area (TPSA) is 12.9 Å². The van der Waals surface area contributed by atoms with Crippen LogP contribution in [0.2, 0.25) is 0 Å². The first kappa shape index (κ1) is 22.5. The molecule has 1 nitrogen and oxygen atoms in total. The molecule has 0 saturated heterocycles. The zero-order chi connectivity index (χ0) is 22.0. The van der Waals surface area contributed by atoms with Crippen molar-refractivity contribution < 1.29 is 46.4 Å². The van der Waals surface area contributed by atoms with Gasteiger partial charge in [-0.05, 0) is 33.7 Å². The quantitative estimate of drug-likeness (QED) is 0.164. The van der Waals surface area contributed by atoms with Crippen LogP contribution in [-0.2, 0) is 25.5 Å². The number of nitrogens with zero attached hydrogens (tertiary/aromatic N) is 1. The molecule has 0 bridgehead atoms. The molecule has 1 aromatic heterocycles. The minimum absolute atomic E-state index is 0. The van der Waals surface area contributed by atoms with E-state index in [1.165, 1.54) is 24.3 Å². The Morgan fingerprint density at radius 3 is 2.12 bits per heavy atom. The van der Waals surface area contributed by atoms with Crippen LogP contribution in [0.25, 0.3) is 33.2 Å². The summed E-state index contributed by atoms with van der Waals surface area (Å²) in [6.07, 6.45) is -9.62. The number of rotatable bonds is 1. The maximum absolute atomic E-state index is 14.2. The van der Waals surface area contributed by atoms with Gasteiger partial charge in [0.05, 0.1) is 0 Å². The van der Waals surface area contributed by atoms with Crippen molar-refractivity contribution in [3.63, 3.8) is 0 Å². The molecule has 0 aliphatic heterocycles. The molecule has 0 N–H and O–H groups in total. The number of fused-ring (bicyclic) bond motifs is 4. The summed E-state index contributed by atoms with van der Waals surface area (Å²) in [6.45, 7) is 0. The van der Waals surface area contributed by atoms with Crippen molar-refractivity contribution in [2.45, 2.75) is 17.8 Å². The molecule has 32 heavy (non-hydrogen) atoms. The molecule has 0 unspecified atom stereocenters. The summed E-state index contributed by atoms with van der Waals surface area (Å²) >= 11 is 0. The smallest absolute Gasteiger partial charge is 0.304 e. The van der Waals surface area contributed by atoms with Gasteiger partial charge in [0.2, 0.25) is 0 Å². The number of hydrogen-bond acceptors (Lipinski definition) is 1. The molecule has 1 aliphatic rings. The molecule has 5 rings (SSSR count). The van der Waals surface area contributed by atoms with E-state index in [1.54, 1.807) is 24.4 Å². The minimum atomic E-state index is -5.58. The monoisotopic (exact) mass is 621 g/mol. The third-order valence-corrected chi connectivity index (χ3v) is 5.76. The third kappa shape index (κ3) is 2.93. The Bertz CT molecular complexity index is 1310. The van der Waals surface area contributed by atoms with Crippen LogP contribution in [0, 0.1) is 6.07 Å². The predicted octanol–water partition coefficient (Wildman–Crippen LogP) is 7.09. The van der Waals surface area contributed by atoms with Crippen LogP contribution in [0.4, 0.5) is 26.3 Å². The first-order chi connectivity index (χ1) is 14.7. The fourth-order valence-corrected chi connectivity index (χ4v) is 4.46. The summed E-state index contributed by atoms with van der Waals surface area (Å²) in [6, 6.07) is 18.6. The van der Waals surface area contributed by atoms with Crippen molar-refractivity contribution in [2.24, 2.45) is 0 Å². The summed E-state index contributed by atoms with van der Waals surface area (Å²) in [5, 5.41) is 1.58. The molecule has 0 amide bonds. The molecule has 3 aromatic carbocycles. The van der Waals surface area contributed by atoms with E-state index in [0.717, 1.165) is 22.9 Å². The van der Waals surface area contributed by atoms with Gasteiger partial charge in [0.1, 0.15) is 0 Å². The van der Waals surface area contributed by atoms with Gasteiger partial charge in [0, 0.05) is 26.3 Å². The van der Waals surface area contributed by atoms with E-state index in [9.17, 15) is 26.3 Å². The summed E-state index contributed by atoms with van der Waals surface area (Å²) in [7, 11) is 0. The molecule has 4 aromatic rings. The summed E-state index contributed by atoms with van der Waals surface area (Å²) in [5.41, 5.74) is -5.23. The summed E-state index contributed by atoms with van der Waals surface area (Å²) in [4.78, 5) is 4.32. The molecule has 0 saturated carbocycles. The van der Waals surface area contributed by atoms with Crippen molar-refractivity contribution >= 4 is 10.8 Å². The molecule has 165 valence electrons. The zero-order valence-electron chi connectivity index (χ0n) is 16.0. The van der Waals surface area contributed by atoms with Gasteiger partial charge in [0.25, 0.3) is 0 Å². The molecular formula is C24H12F6IrN-. The van der Waals surface area contributed by atoms with E-state index in [4.69, 9.17) is 0 Å². The standard InChI is InChI=1S/C24H12F6N.Ir/c25-23(26,27)22(24(28,29)30)19-8-4-3-7-17(19)18-13-15(9-10-20(18)22)21-16-6-2-1-5-14(16)11-12-31-21;/h1-8,10-13H;/q-1;. The average Bonchev–Trinajstić information content (AvgIpc) is 3.04. The van der Waals surface area contributed by atoms with Crippen LogP contribution in [0.1, 0.15) is 11.1 Å². The van der Waals surface area contributed by atoms with Crippen LogP contribution in [-0.4, -0.2) is 17.3 Å². The van der Waals surface area contributed by atoms with Crippen molar-refractivity contribution in [2.75, 3.05) is 0 Å². The molecule has 0 spiro atoms. The van der Waals surface area contributed by atoms with Crippen LogP contribution in [0.15, 0.2) is 72.9 Å². The maximum atomic E-state index is 14.2. The van der Waals surface area contributed by atoms with E-state index < -0.39 is 28.9 Å². The Morgan fingerprint density at radius 2 is 1.41 bits per heavy atom. The normalized spacial score (nSPS) is 14.6. The molecule has 1 heterocycles. The van der Waals surface area contributed by atoms with Crippen molar-refractivity contribution in [3.8, 4) is 22.4 Å². The molecule has 1 radical (unpaired) electrons. The van der Waals surface area contributed by atoms with Crippen LogP contribution >= 0.6 is 0 Å². The SMILES string of the molecule is FC(F)(F)C1(C(F)(F)F)c2c[c-]c(-c3nccc4ccccc34)cc2-c2ccccc21.[Ir]. The first-order valence-electron chi connectivity index (χ1n) is 9.30. The Hall–Kier alpha value is -2.70. The van der Waals surface area contributed by atoms with Crippen molar-refractivity contribution in [3.05, 3.63) is 90.1 Å². The first-order valence-corrected chi connectivity index (χ1v) is 9.30. The minimum Gasteiger partial charge on any atom is -0.304 e. The van der Waals surface area contributed by atoms with Gasteiger partial charge in [-0.15, -0.1) is 23.8 Å². The van der Waals surface area contributed by atoms with Crippen molar-refractivity contribution in [1.82, 2.24) is 4.98 Å². The van der Waals surface area contributed by atoms with Gasteiger partial charge in [0.15, 0.2) is 5.41 Å². The van der Waals surface area contributed by atoms with Crippen LogP contribution in [0.3, 0.4) is 0 Å². The largest absolute Gasteiger partial charge is 0.403 e. The van der Waals surface area contributed by atoms with Gasteiger partial charge >= 0.3 is 12.4 Å². The van der Waals surface area contributed by atoms with Crippen LogP contribution < -0.4 is 0 Å². The Kier molecular flexibility index (Phi) is 5.22. The third-order valence-electron chi connectivity index (χ3n) is 5.76. The summed E-state index contributed by atoms with van der Waals surface area (Å²) in [5.74, 6) is 0. The Labute approximate surface area is 192 Å². The van der Waals surface area contributed by atoms with Gasteiger partial charge in [-0.3, -0.25) is 0 Å². The molecule has 0 fully saturated rings. The second-order valence-electron chi connectivity index (χ2n) is 7.35. The predicted molar refractivity (Wildman–Crippen MR) is 104 cm³/mol. The number of alkyl halides is 6. The fraction of sp³-hybridized carbons (Fsp3) is 0.125. The molecule has 1 aliphatic carbocycles. The van der Waals surface area contributed by atoms with E-state index in [1.807, 2.05) is 12.1 Å². The van der Waals surface area contributed by atoms with Gasteiger partial charge in [-0.25, -0.2) is 0 Å². The summed E-state index contributed by atoms with van der Waals surface area (Å²) < 4.78 is 84.9. The number of benzene rings is 3. The second-order valence-corrected chi connectivity index (χ2v) is 7.35. The van der Waals surface area contributed by atoms with E-state index in [2.05, 4.69) is 11.1 Å². The Morgan fingerprint density at radius 1 is 0.750 bits per heavy atom. The van der Waals surface area contributed by atoms with E-state index in [0.29, 0.717) is 11.3 Å².